The van der Waals surface area contributed by atoms with E-state index >= 15 is 0 Å². The zero-order valence-corrected chi connectivity index (χ0v) is 5.74. The van der Waals surface area contributed by atoms with E-state index in [9.17, 15) is 9.90 Å². The average molecular weight is 139 g/mol. The normalized spacial score (nSPS) is 39.4. The van der Waals surface area contributed by atoms with Crippen LogP contribution in [0.25, 0.3) is 0 Å². The number of carbonyl (C=O) groups is 1. The molecular weight excluding hydrogens is 128 g/mol. The Morgan fingerprint density at radius 2 is 2.20 bits per heavy atom. The van der Waals surface area contributed by atoms with E-state index in [1.54, 1.807) is 12.2 Å². The van der Waals surface area contributed by atoms with Crippen molar-refractivity contribution in [2.24, 2.45) is 5.92 Å². The lowest BCUT2D eigenvalue weighted by Gasteiger charge is -2.15. The molecule has 2 nitrogen and oxygen atoms in total. The molecule has 0 aliphatic heterocycles. The highest BCUT2D eigenvalue weighted by Crippen LogP contribution is 2.12. The van der Waals surface area contributed by atoms with E-state index < -0.39 is 12.0 Å². The second-order valence-corrected chi connectivity index (χ2v) is 2.26. The van der Waals surface area contributed by atoms with Crippen LogP contribution in [0.5, 0.6) is 0 Å². The van der Waals surface area contributed by atoms with Crippen LogP contribution in [0.2, 0.25) is 0 Å². The van der Waals surface area contributed by atoms with E-state index in [2.05, 4.69) is 0 Å². The smallest absolute Gasteiger partial charge is 0.139 e. The van der Waals surface area contributed by atoms with Gasteiger partial charge in [-0.25, -0.2) is 0 Å². The Bertz CT molecular complexity index is 228. The maximum atomic E-state index is 10.8. The first-order valence-corrected chi connectivity index (χ1v) is 3.13. The molecule has 2 unspecified atom stereocenters. The third-order valence-electron chi connectivity index (χ3n) is 1.44. The van der Waals surface area contributed by atoms with Crippen molar-refractivity contribution in [3.63, 3.8) is 0 Å². The maximum Gasteiger partial charge on any atom is 0.139 e. The van der Waals surface area contributed by atoms with Crippen LogP contribution in [0.4, 0.5) is 0 Å². The molecule has 0 radical (unpaired) electrons. The summed E-state index contributed by atoms with van der Waals surface area (Å²) in [6.45, 7) is 1.37. The summed E-state index contributed by atoms with van der Waals surface area (Å²) in [5.41, 5.74) is 0. The summed E-state index contributed by atoms with van der Waals surface area (Å²) < 4.78 is 7.31. The Balaban J connectivity index is 2.89. The molecule has 0 saturated carbocycles. The summed E-state index contributed by atoms with van der Waals surface area (Å²) in [6.07, 6.45) is 4.32. The van der Waals surface area contributed by atoms with Gasteiger partial charge in [0.25, 0.3) is 0 Å². The van der Waals surface area contributed by atoms with Crippen molar-refractivity contribution in [2.45, 2.75) is 13.0 Å². The minimum atomic E-state index is -1.75. The van der Waals surface area contributed by atoms with E-state index in [1.165, 1.54) is 19.1 Å². The zero-order chi connectivity index (χ0) is 8.48. The molecule has 0 heterocycles. The third kappa shape index (κ3) is 1.33. The van der Waals surface area contributed by atoms with Crippen molar-refractivity contribution in [1.82, 2.24) is 0 Å². The molecule has 0 bridgehead atoms. The van der Waals surface area contributed by atoms with Gasteiger partial charge < -0.3 is 5.11 Å². The Morgan fingerprint density at radius 3 is 2.60 bits per heavy atom. The predicted octanol–water partition coefficient (Wildman–Crippen LogP) is 0.678. The first-order valence-electron chi connectivity index (χ1n) is 3.63. The van der Waals surface area contributed by atoms with Gasteiger partial charge >= 0.3 is 0 Å². The minimum Gasteiger partial charge on any atom is -0.388 e. The highest BCUT2D eigenvalue weighted by molar-refractivity contribution is 5.81. The Kier molecular flexibility index (Phi) is 1.64. The second-order valence-electron chi connectivity index (χ2n) is 2.26. The first-order chi connectivity index (χ1) is 5.04. The fraction of sp³-hybridized carbons (Fsp3) is 0.375. The van der Waals surface area contributed by atoms with Gasteiger partial charge in [0.2, 0.25) is 0 Å². The van der Waals surface area contributed by atoms with Crippen molar-refractivity contribution >= 4 is 5.78 Å². The molecule has 1 aliphatic rings. The molecule has 2 atom stereocenters. The van der Waals surface area contributed by atoms with Gasteiger partial charge in [-0.3, -0.25) is 4.79 Å². The number of ketones is 1. The zero-order valence-electron chi connectivity index (χ0n) is 6.74. The van der Waals surface area contributed by atoms with Crippen molar-refractivity contribution in [3.05, 3.63) is 24.3 Å². The van der Waals surface area contributed by atoms with Crippen LogP contribution < -0.4 is 0 Å². The van der Waals surface area contributed by atoms with E-state index in [0.717, 1.165) is 0 Å². The predicted molar refractivity (Wildman–Crippen MR) is 38.5 cm³/mol. The van der Waals surface area contributed by atoms with Crippen molar-refractivity contribution in [1.29, 1.82) is 0 Å². The number of rotatable bonds is 1. The summed E-state index contributed by atoms with van der Waals surface area (Å²) in [4.78, 5) is 10.8. The van der Waals surface area contributed by atoms with Crippen LogP contribution in [0.3, 0.4) is 0 Å². The number of aliphatic hydroxyl groups is 1. The summed E-state index contributed by atoms with van der Waals surface area (Å²) in [5, 5.41) is 9.31. The lowest BCUT2D eigenvalue weighted by atomic mass is 9.94. The molecule has 10 heavy (non-hydrogen) atoms. The van der Waals surface area contributed by atoms with Gasteiger partial charge in [-0.2, -0.15) is 0 Å². The van der Waals surface area contributed by atoms with Crippen LogP contribution in [-0.4, -0.2) is 17.0 Å². The molecule has 1 rings (SSSR count). The van der Waals surface area contributed by atoms with E-state index in [0.29, 0.717) is 0 Å². The first kappa shape index (κ1) is 5.86. The molecule has 0 aromatic heterocycles. The largest absolute Gasteiger partial charge is 0.388 e. The monoisotopic (exact) mass is 139 g/mol. The SMILES string of the molecule is [2H]C1(O)C=CC=CC1C(C)=O. The molecule has 0 fully saturated rings. The maximum absolute atomic E-state index is 10.8. The number of allylic oxidation sites excluding steroid dienone is 2. The van der Waals surface area contributed by atoms with E-state index in [4.69, 9.17) is 1.37 Å². The van der Waals surface area contributed by atoms with Crippen LogP contribution in [0.15, 0.2) is 24.3 Å². The lowest BCUT2D eigenvalue weighted by Crippen LogP contribution is -2.24. The molecule has 0 amide bonds. The molecular formula is C8H10O2. The van der Waals surface area contributed by atoms with Crippen LogP contribution >= 0.6 is 0 Å². The highest BCUT2D eigenvalue weighted by Gasteiger charge is 2.19. The molecule has 1 N–H and O–H groups in total. The Hall–Kier alpha value is -0.890. The van der Waals surface area contributed by atoms with Crippen LogP contribution in [0, 0.1) is 5.92 Å². The fourth-order valence-corrected chi connectivity index (χ4v) is 0.875. The molecule has 0 aromatic rings. The van der Waals surface area contributed by atoms with Gasteiger partial charge in [-0.15, -0.1) is 0 Å². The summed E-state index contributed by atoms with van der Waals surface area (Å²) in [5.74, 6) is -0.907. The molecule has 0 aromatic carbocycles. The number of hydrogen-bond donors (Lipinski definition) is 1. The van der Waals surface area contributed by atoms with Gasteiger partial charge in [0.05, 0.1) is 13.4 Å². The van der Waals surface area contributed by atoms with E-state index in [1.807, 2.05) is 0 Å². The molecule has 54 valence electrons. The number of Topliss-reactive ketones (excluding diaryl/α,β-unsaturated/α-hetero) is 1. The molecule has 0 spiro atoms. The molecule has 2 heteroatoms. The average Bonchev–Trinajstić information content (AvgIpc) is 1.85. The van der Waals surface area contributed by atoms with Gasteiger partial charge in [0.1, 0.15) is 5.78 Å². The van der Waals surface area contributed by atoms with Crippen molar-refractivity contribution in [2.75, 3.05) is 0 Å². The third-order valence-corrected chi connectivity index (χ3v) is 1.44. The van der Waals surface area contributed by atoms with Gasteiger partial charge in [0, 0.05) is 0 Å². The minimum absolute atomic E-state index is 0.192. The Labute approximate surface area is 61.3 Å². The van der Waals surface area contributed by atoms with Gasteiger partial charge in [-0.1, -0.05) is 24.3 Å². The highest BCUT2D eigenvalue weighted by atomic mass is 16.3. The molecule has 1 aliphatic carbocycles. The number of hydrogen-bond acceptors (Lipinski definition) is 2. The standard InChI is InChI=1S/C8H10O2/c1-6(9)7-4-2-3-5-8(7)10/h2-5,7-8,10H,1H3/i8D. The van der Waals surface area contributed by atoms with E-state index in [-0.39, 0.29) is 5.78 Å². The second kappa shape index (κ2) is 2.80. The van der Waals surface area contributed by atoms with Crippen molar-refractivity contribution < 1.29 is 11.3 Å². The summed E-state index contributed by atoms with van der Waals surface area (Å²) in [6, 6.07) is 0. The Morgan fingerprint density at radius 1 is 1.60 bits per heavy atom. The summed E-state index contributed by atoms with van der Waals surface area (Å²) in [7, 11) is 0. The fourth-order valence-electron chi connectivity index (χ4n) is 0.875. The lowest BCUT2D eigenvalue weighted by molar-refractivity contribution is -0.121. The van der Waals surface area contributed by atoms with Crippen molar-refractivity contribution in [3.8, 4) is 0 Å². The van der Waals surface area contributed by atoms with Gasteiger partial charge in [0.15, 0.2) is 0 Å². The molecule has 0 saturated heterocycles. The van der Waals surface area contributed by atoms with Gasteiger partial charge in [-0.05, 0) is 6.92 Å². The quantitative estimate of drug-likeness (QED) is 0.580. The number of carbonyl (C=O) groups excluding carboxylic acids is 1. The topological polar surface area (TPSA) is 37.3 Å². The van der Waals surface area contributed by atoms with Crippen LogP contribution in [-0.2, 0) is 4.79 Å². The summed E-state index contributed by atoms with van der Waals surface area (Å²) >= 11 is 0. The van der Waals surface area contributed by atoms with Crippen LogP contribution in [0.1, 0.15) is 8.29 Å².